The minimum absolute atomic E-state index is 0.00550. The highest BCUT2D eigenvalue weighted by Gasteiger charge is 2.36. The normalized spacial score (nSPS) is 15.8. The predicted octanol–water partition coefficient (Wildman–Crippen LogP) is 7.30. The number of nitrogens with zero attached hydrogens (tertiary/aromatic N) is 3. The van der Waals surface area contributed by atoms with Gasteiger partial charge in [0, 0.05) is 42.4 Å². The van der Waals surface area contributed by atoms with Gasteiger partial charge in [0.15, 0.2) is 0 Å². The summed E-state index contributed by atoms with van der Waals surface area (Å²) in [5, 5.41) is 3.54. The maximum Gasteiger partial charge on any atom is 0.410 e. The summed E-state index contributed by atoms with van der Waals surface area (Å²) in [6.07, 6.45) is 4.39. The van der Waals surface area contributed by atoms with E-state index in [-0.39, 0.29) is 35.9 Å². The van der Waals surface area contributed by atoms with Crippen LogP contribution in [-0.2, 0) is 36.9 Å². The zero-order valence-electron chi connectivity index (χ0n) is 29.9. The van der Waals surface area contributed by atoms with Gasteiger partial charge in [-0.25, -0.2) is 4.79 Å². The van der Waals surface area contributed by atoms with E-state index >= 15 is 0 Å². The van der Waals surface area contributed by atoms with Crippen LogP contribution in [0, 0.1) is 0 Å². The third-order valence-electron chi connectivity index (χ3n) is 8.79. The van der Waals surface area contributed by atoms with Crippen LogP contribution in [0.25, 0.3) is 6.08 Å². The molecule has 0 unspecified atom stereocenters. The zero-order chi connectivity index (χ0) is 37.7. The van der Waals surface area contributed by atoms with Crippen molar-refractivity contribution in [2.45, 2.75) is 65.2 Å². The van der Waals surface area contributed by atoms with Crippen LogP contribution in [0.4, 0.5) is 21.9 Å². The van der Waals surface area contributed by atoms with Crippen molar-refractivity contribution in [3.8, 4) is 0 Å². The SMILES string of the molecule is CC1=C(OCc2c(Cl)ccc(N(C)C(=O)CN)c2Cl)Cc2ccccc2N1C(=O)C=Cc1ccc(NC(=O)[C@@H]2CCCN2C(=O)OC(C)(C)C)cc1. The number of fused-ring (bicyclic) bond motifs is 1. The Hall–Kier alpha value is -4.84. The van der Waals surface area contributed by atoms with Crippen molar-refractivity contribution in [3.63, 3.8) is 0 Å². The number of nitrogens with two attached hydrogens (primary N) is 1. The monoisotopic (exact) mass is 747 g/mol. The summed E-state index contributed by atoms with van der Waals surface area (Å²) in [6, 6.07) is 17.4. The van der Waals surface area contributed by atoms with Gasteiger partial charge in [0.25, 0.3) is 5.91 Å². The van der Waals surface area contributed by atoms with Crippen LogP contribution in [0.1, 0.15) is 57.2 Å². The predicted molar refractivity (Wildman–Crippen MR) is 204 cm³/mol. The Morgan fingerprint density at radius 1 is 1.04 bits per heavy atom. The first-order chi connectivity index (χ1) is 24.7. The zero-order valence-corrected chi connectivity index (χ0v) is 31.4. The standard InChI is InChI=1S/C39H43Cl2N5O6/c1-24-33(51-23-28-29(40)17-18-31(36(28)41)44(5)35(48)22-42)21-26-9-6-7-10-30(26)46(24)34(47)19-14-25-12-15-27(16-13-25)43-37(49)32-11-8-20-45(32)38(50)52-39(2,3)4/h6-7,9-10,12-19,32H,8,11,20-23,42H2,1-5H3,(H,43,49)/t32-/m0/s1. The third kappa shape index (κ3) is 8.78. The topological polar surface area (TPSA) is 135 Å². The van der Waals surface area contributed by atoms with Crippen LogP contribution < -0.4 is 20.9 Å². The first-order valence-corrected chi connectivity index (χ1v) is 17.7. The van der Waals surface area contributed by atoms with E-state index in [2.05, 4.69) is 5.32 Å². The van der Waals surface area contributed by atoms with E-state index in [1.165, 1.54) is 15.9 Å². The van der Waals surface area contributed by atoms with Gasteiger partial charge in [-0.05, 0) is 88.1 Å². The molecule has 3 aromatic rings. The van der Waals surface area contributed by atoms with Crippen LogP contribution in [0.2, 0.25) is 10.0 Å². The highest BCUT2D eigenvalue weighted by atomic mass is 35.5. The van der Waals surface area contributed by atoms with E-state index in [9.17, 15) is 19.2 Å². The van der Waals surface area contributed by atoms with Crippen LogP contribution in [0.15, 0.2) is 78.2 Å². The Morgan fingerprint density at radius 2 is 1.75 bits per heavy atom. The van der Waals surface area contributed by atoms with Gasteiger partial charge in [0.05, 0.1) is 28.6 Å². The minimum Gasteiger partial charge on any atom is -0.491 e. The Morgan fingerprint density at radius 3 is 2.44 bits per heavy atom. The number of benzene rings is 3. The average molecular weight is 749 g/mol. The number of likely N-dealkylation sites (N-methyl/N-ethyl adjacent to an activating group) is 1. The molecule has 13 heteroatoms. The molecule has 1 fully saturated rings. The van der Waals surface area contributed by atoms with Crippen LogP contribution in [0.3, 0.4) is 0 Å². The lowest BCUT2D eigenvalue weighted by Gasteiger charge is -2.31. The third-order valence-corrected chi connectivity index (χ3v) is 9.57. The van der Waals surface area contributed by atoms with Gasteiger partial charge >= 0.3 is 6.09 Å². The van der Waals surface area contributed by atoms with Gasteiger partial charge in [0.2, 0.25) is 11.8 Å². The Bertz CT molecular complexity index is 1920. The molecule has 5 rings (SSSR count). The highest BCUT2D eigenvalue weighted by molar-refractivity contribution is 6.38. The molecule has 2 aliphatic heterocycles. The molecule has 0 bridgehead atoms. The average Bonchev–Trinajstić information content (AvgIpc) is 3.61. The number of amides is 4. The van der Waals surface area contributed by atoms with Gasteiger partial charge in [-0.2, -0.15) is 0 Å². The van der Waals surface area contributed by atoms with Crippen LogP contribution >= 0.6 is 23.2 Å². The molecule has 0 spiro atoms. The van der Waals surface area contributed by atoms with Crippen molar-refractivity contribution in [3.05, 3.63) is 105 Å². The Kier molecular flexibility index (Phi) is 12.0. The summed E-state index contributed by atoms with van der Waals surface area (Å²) in [5.74, 6) is -0.309. The Labute approximate surface area is 313 Å². The fraction of sp³-hybridized carbons (Fsp3) is 0.333. The number of hydrogen-bond donors (Lipinski definition) is 2. The van der Waals surface area contributed by atoms with Gasteiger partial charge in [-0.1, -0.05) is 53.5 Å². The number of hydrogen-bond acceptors (Lipinski definition) is 7. The molecule has 1 saturated heterocycles. The summed E-state index contributed by atoms with van der Waals surface area (Å²) >= 11 is 13.2. The van der Waals surface area contributed by atoms with Gasteiger partial charge in [-0.3, -0.25) is 24.2 Å². The van der Waals surface area contributed by atoms with Crippen molar-refractivity contribution in [2.24, 2.45) is 5.73 Å². The van der Waals surface area contributed by atoms with E-state index in [0.717, 1.165) is 16.8 Å². The molecule has 2 aliphatic rings. The quantitative estimate of drug-likeness (QED) is 0.219. The summed E-state index contributed by atoms with van der Waals surface area (Å²) in [6.45, 7) is 7.48. The molecular weight excluding hydrogens is 705 g/mol. The molecular formula is C39H43Cl2N5O6. The number of rotatable bonds is 9. The summed E-state index contributed by atoms with van der Waals surface area (Å²) in [5.41, 5.74) is 9.40. The maximum absolute atomic E-state index is 13.8. The van der Waals surface area contributed by atoms with Gasteiger partial charge in [-0.15, -0.1) is 0 Å². The summed E-state index contributed by atoms with van der Waals surface area (Å²) < 4.78 is 11.8. The first kappa shape index (κ1) is 38.4. The van der Waals surface area contributed by atoms with Crippen molar-refractivity contribution < 1.29 is 28.7 Å². The van der Waals surface area contributed by atoms with Crippen LogP contribution in [-0.4, -0.2) is 60.5 Å². The van der Waals surface area contributed by atoms with Crippen molar-refractivity contribution >= 4 is 70.2 Å². The van der Waals surface area contributed by atoms with Crippen molar-refractivity contribution in [1.82, 2.24) is 4.90 Å². The molecule has 2 heterocycles. The van der Waals surface area contributed by atoms with E-state index < -0.39 is 17.7 Å². The molecule has 0 saturated carbocycles. The number of halogens is 2. The molecule has 0 aromatic heterocycles. The smallest absolute Gasteiger partial charge is 0.410 e. The number of carbonyl (C=O) groups is 4. The fourth-order valence-electron chi connectivity index (χ4n) is 6.05. The molecule has 11 nitrogen and oxygen atoms in total. The maximum atomic E-state index is 13.8. The van der Waals surface area contributed by atoms with E-state index in [0.29, 0.717) is 59.2 Å². The van der Waals surface area contributed by atoms with Crippen LogP contribution in [0.5, 0.6) is 0 Å². The number of allylic oxidation sites excluding steroid dienone is 2. The number of para-hydroxylation sites is 1. The molecule has 3 N–H and O–H groups in total. The van der Waals surface area contributed by atoms with E-state index in [4.69, 9.17) is 38.4 Å². The lowest BCUT2D eigenvalue weighted by Crippen LogP contribution is -2.45. The number of carbonyl (C=O) groups excluding carboxylic acids is 4. The molecule has 0 aliphatic carbocycles. The lowest BCUT2D eigenvalue weighted by molar-refractivity contribution is -0.120. The number of likely N-dealkylation sites (tertiary alicyclic amines) is 1. The highest BCUT2D eigenvalue weighted by Crippen LogP contribution is 2.38. The number of nitrogens with one attached hydrogen (secondary N) is 1. The van der Waals surface area contributed by atoms with E-state index in [1.54, 1.807) is 75.2 Å². The molecule has 52 heavy (non-hydrogen) atoms. The minimum atomic E-state index is -0.655. The van der Waals surface area contributed by atoms with Gasteiger partial charge in [0.1, 0.15) is 24.0 Å². The molecule has 4 amide bonds. The molecule has 3 aromatic carbocycles. The molecule has 274 valence electrons. The summed E-state index contributed by atoms with van der Waals surface area (Å²) in [4.78, 5) is 56.2. The molecule has 1 atom stereocenters. The van der Waals surface area contributed by atoms with Crippen molar-refractivity contribution in [1.29, 1.82) is 0 Å². The fourth-order valence-corrected chi connectivity index (χ4v) is 6.66. The molecule has 0 radical (unpaired) electrons. The second-order valence-electron chi connectivity index (χ2n) is 13.6. The Balaban J connectivity index is 1.28. The summed E-state index contributed by atoms with van der Waals surface area (Å²) in [7, 11) is 1.59. The van der Waals surface area contributed by atoms with E-state index in [1.807, 2.05) is 31.2 Å². The second kappa shape index (κ2) is 16.2. The first-order valence-electron chi connectivity index (χ1n) is 16.9. The van der Waals surface area contributed by atoms with Crippen molar-refractivity contribution in [2.75, 3.05) is 35.3 Å². The largest absolute Gasteiger partial charge is 0.491 e. The lowest BCUT2D eigenvalue weighted by atomic mass is 10.0. The number of anilines is 3. The van der Waals surface area contributed by atoms with Gasteiger partial charge < -0.3 is 25.4 Å². The number of ether oxygens (including phenoxy) is 2. The second-order valence-corrected chi connectivity index (χ2v) is 14.4.